The molecule has 0 aromatic heterocycles. The van der Waals surface area contributed by atoms with Gasteiger partial charge in [-0.05, 0) is 62.7 Å². The Balaban J connectivity index is 2.16. The minimum absolute atomic E-state index is 0.0780. The number of hydrogen-bond donors (Lipinski definition) is 1. The number of carbonyl (C=O) groups excluding carboxylic acids is 1. The predicted octanol–water partition coefficient (Wildman–Crippen LogP) is 4.39. The van der Waals surface area contributed by atoms with Crippen molar-refractivity contribution in [1.29, 1.82) is 0 Å². The molecule has 0 spiro atoms. The van der Waals surface area contributed by atoms with E-state index in [1.165, 1.54) is 0 Å². The highest BCUT2D eigenvalue weighted by Crippen LogP contribution is 2.25. The van der Waals surface area contributed by atoms with Crippen LogP contribution in [-0.2, 0) is 11.3 Å². The molecule has 0 saturated heterocycles. The maximum absolute atomic E-state index is 12.4. The van der Waals surface area contributed by atoms with Gasteiger partial charge < -0.3 is 19.5 Å². The molecular formula is C21H26ClNO4. The van der Waals surface area contributed by atoms with E-state index in [1.807, 2.05) is 32.9 Å². The Morgan fingerprint density at radius 2 is 1.96 bits per heavy atom. The van der Waals surface area contributed by atoms with Crippen LogP contribution in [0.5, 0.6) is 11.5 Å². The summed E-state index contributed by atoms with van der Waals surface area (Å²) in [6.07, 6.45) is 0. The van der Waals surface area contributed by atoms with Crippen LogP contribution in [0.4, 0.5) is 0 Å². The van der Waals surface area contributed by atoms with Gasteiger partial charge in [0, 0.05) is 29.3 Å². The Morgan fingerprint density at radius 1 is 1.19 bits per heavy atom. The van der Waals surface area contributed by atoms with Crippen LogP contribution in [-0.4, -0.2) is 32.3 Å². The number of carbonyl (C=O) groups is 1. The molecule has 2 aromatic carbocycles. The summed E-state index contributed by atoms with van der Waals surface area (Å²) in [5.74, 6) is 1.25. The highest BCUT2D eigenvalue weighted by Gasteiger charge is 2.13. The minimum Gasteiger partial charge on any atom is -0.493 e. The van der Waals surface area contributed by atoms with Crippen molar-refractivity contribution in [2.75, 3.05) is 20.3 Å². The highest BCUT2D eigenvalue weighted by molar-refractivity contribution is 6.31. The molecule has 6 heteroatoms. The molecule has 2 rings (SSSR count). The SMILES string of the molecule is CCOc1ccc(C(=O)NC(C)COC)cc1COc1ccc(Cl)c(C)c1. The number of ether oxygens (including phenoxy) is 3. The zero-order chi connectivity index (χ0) is 19.8. The van der Waals surface area contributed by atoms with E-state index in [9.17, 15) is 4.79 Å². The maximum Gasteiger partial charge on any atom is 0.251 e. The van der Waals surface area contributed by atoms with E-state index in [0.717, 1.165) is 11.1 Å². The Bertz CT molecular complexity index is 779. The van der Waals surface area contributed by atoms with Gasteiger partial charge in [0.1, 0.15) is 18.1 Å². The van der Waals surface area contributed by atoms with Gasteiger partial charge in [-0.2, -0.15) is 0 Å². The van der Waals surface area contributed by atoms with Crippen LogP contribution in [0, 0.1) is 6.92 Å². The van der Waals surface area contributed by atoms with Crippen molar-refractivity contribution in [2.45, 2.75) is 33.4 Å². The largest absolute Gasteiger partial charge is 0.493 e. The molecule has 0 heterocycles. The second kappa shape index (κ2) is 10.2. The van der Waals surface area contributed by atoms with Gasteiger partial charge in [-0.15, -0.1) is 0 Å². The van der Waals surface area contributed by atoms with Crippen LogP contribution in [0.25, 0.3) is 0 Å². The van der Waals surface area contributed by atoms with Gasteiger partial charge in [-0.25, -0.2) is 0 Å². The topological polar surface area (TPSA) is 56.8 Å². The van der Waals surface area contributed by atoms with Gasteiger partial charge in [-0.3, -0.25) is 4.79 Å². The smallest absolute Gasteiger partial charge is 0.251 e. The van der Waals surface area contributed by atoms with E-state index >= 15 is 0 Å². The molecule has 1 atom stereocenters. The third kappa shape index (κ3) is 6.15. The summed E-state index contributed by atoms with van der Waals surface area (Å²) in [6, 6.07) is 10.8. The Labute approximate surface area is 165 Å². The summed E-state index contributed by atoms with van der Waals surface area (Å²) in [5.41, 5.74) is 2.29. The maximum atomic E-state index is 12.4. The Hall–Kier alpha value is -2.24. The molecule has 0 saturated carbocycles. The monoisotopic (exact) mass is 391 g/mol. The molecule has 0 fully saturated rings. The fourth-order valence-electron chi connectivity index (χ4n) is 2.60. The quantitative estimate of drug-likeness (QED) is 0.688. The number of rotatable bonds is 9. The molecule has 27 heavy (non-hydrogen) atoms. The fourth-order valence-corrected chi connectivity index (χ4v) is 2.71. The fraction of sp³-hybridized carbons (Fsp3) is 0.381. The van der Waals surface area contributed by atoms with Crippen molar-refractivity contribution in [1.82, 2.24) is 5.32 Å². The zero-order valence-electron chi connectivity index (χ0n) is 16.2. The third-order valence-corrected chi connectivity index (χ3v) is 4.36. The number of nitrogens with one attached hydrogen (secondary N) is 1. The molecule has 1 N–H and O–H groups in total. The van der Waals surface area contributed by atoms with E-state index in [2.05, 4.69) is 5.32 Å². The van der Waals surface area contributed by atoms with Crippen LogP contribution < -0.4 is 14.8 Å². The Kier molecular flexibility index (Phi) is 7.95. The van der Waals surface area contributed by atoms with Gasteiger partial charge in [0.15, 0.2) is 0 Å². The van der Waals surface area contributed by atoms with Crippen molar-refractivity contribution < 1.29 is 19.0 Å². The number of aryl methyl sites for hydroxylation is 1. The van der Waals surface area contributed by atoms with Crippen LogP contribution >= 0.6 is 11.6 Å². The molecule has 1 amide bonds. The van der Waals surface area contributed by atoms with E-state index in [-0.39, 0.29) is 18.6 Å². The number of amides is 1. The second-order valence-electron chi connectivity index (χ2n) is 6.29. The molecular weight excluding hydrogens is 366 g/mol. The van der Waals surface area contributed by atoms with E-state index in [1.54, 1.807) is 31.4 Å². The van der Waals surface area contributed by atoms with Gasteiger partial charge in [0.2, 0.25) is 0 Å². The normalized spacial score (nSPS) is 11.7. The molecule has 0 radical (unpaired) electrons. The van der Waals surface area contributed by atoms with Gasteiger partial charge in [-0.1, -0.05) is 11.6 Å². The number of hydrogen-bond acceptors (Lipinski definition) is 4. The molecule has 0 aliphatic carbocycles. The number of halogens is 1. The van der Waals surface area contributed by atoms with E-state index in [0.29, 0.717) is 35.3 Å². The van der Waals surface area contributed by atoms with Crippen LogP contribution in [0.3, 0.4) is 0 Å². The van der Waals surface area contributed by atoms with E-state index in [4.69, 9.17) is 25.8 Å². The zero-order valence-corrected chi connectivity index (χ0v) is 16.9. The summed E-state index contributed by atoms with van der Waals surface area (Å²) in [5, 5.41) is 3.60. The second-order valence-corrected chi connectivity index (χ2v) is 6.69. The molecule has 0 aliphatic heterocycles. The average molecular weight is 392 g/mol. The first-order chi connectivity index (χ1) is 12.9. The molecule has 5 nitrogen and oxygen atoms in total. The van der Waals surface area contributed by atoms with Crippen LogP contribution in [0.1, 0.15) is 35.3 Å². The van der Waals surface area contributed by atoms with Crippen LogP contribution in [0.15, 0.2) is 36.4 Å². The first-order valence-electron chi connectivity index (χ1n) is 8.89. The minimum atomic E-state index is -0.161. The van der Waals surface area contributed by atoms with Gasteiger partial charge in [0.25, 0.3) is 5.91 Å². The molecule has 0 aliphatic rings. The summed E-state index contributed by atoms with van der Waals surface area (Å²) < 4.78 is 16.6. The molecule has 2 aromatic rings. The number of methoxy groups -OCH3 is 1. The first kappa shape index (κ1) is 21.1. The van der Waals surface area contributed by atoms with Gasteiger partial charge >= 0.3 is 0 Å². The summed E-state index contributed by atoms with van der Waals surface area (Å²) in [4.78, 5) is 12.4. The summed E-state index contributed by atoms with van der Waals surface area (Å²) in [7, 11) is 1.60. The highest BCUT2D eigenvalue weighted by atomic mass is 35.5. The van der Waals surface area contributed by atoms with Crippen molar-refractivity contribution >= 4 is 17.5 Å². The first-order valence-corrected chi connectivity index (χ1v) is 9.26. The Morgan fingerprint density at radius 3 is 2.63 bits per heavy atom. The van der Waals surface area contributed by atoms with Crippen molar-refractivity contribution in [3.8, 4) is 11.5 Å². The average Bonchev–Trinajstić information content (AvgIpc) is 2.64. The summed E-state index contributed by atoms with van der Waals surface area (Å²) >= 11 is 6.05. The lowest BCUT2D eigenvalue weighted by molar-refractivity contribution is 0.0905. The van der Waals surface area contributed by atoms with E-state index < -0.39 is 0 Å². The van der Waals surface area contributed by atoms with Crippen molar-refractivity contribution in [2.24, 2.45) is 0 Å². The number of benzene rings is 2. The van der Waals surface area contributed by atoms with Crippen molar-refractivity contribution in [3.63, 3.8) is 0 Å². The van der Waals surface area contributed by atoms with Gasteiger partial charge in [0.05, 0.1) is 13.2 Å². The molecule has 146 valence electrons. The lowest BCUT2D eigenvalue weighted by Crippen LogP contribution is -2.35. The molecule has 0 bridgehead atoms. The summed E-state index contributed by atoms with van der Waals surface area (Å²) in [6.45, 7) is 7.00. The van der Waals surface area contributed by atoms with Crippen molar-refractivity contribution in [3.05, 3.63) is 58.1 Å². The predicted molar refractivity (Wildman–Crippen MR) is 107 cm³/mol. The third-order valence-electron chi connectivity index (χ3n) is 3.94. The lowest BCUT2D eigenvalue weighted by atomic mass is 10.1. The lowest BCUT2D eigenvalue weighted by Gasteiger charge is -2.16. The standard InChI is InChI=1S/C21H26ClNO4/c1-5-26-20-9-6-16(21(24)23-15(3)12-25-4)11-17(20)13-27-18-7-8-19(22)14(2)10-18/h6-11,15H,5,12-13H2,1-4H3,(H,23,24). The molecule has 1 unspecified atom stereocenters. The van der Waals surface area contributed by atoms with Crippen LogP contribution in [0.2, 0.25) is 5.02 Å².